The Morgan fingerprint density at radius 2 is 1.81 bits per heavy atom. The largest absolute Gasteiger partial charge is 0.379 e. The second kappa shape index (κ2) is 11.8. The number of nitrogens with two attached hydrogens (primary N) is 1. The van der Waals surface area contributed by atoms with Crippen molar-refractivity contribution in [2.45, 2.75) is 23.0 Å². The Morgan fingerprint density at radius 3 is 2.34 bits per heavy atom. The third kappa shape index (κ3) is 6.41. The lowest BCUT2D eigenvalue weighted by molar-refractivity contribution is 0.100. The summed E-state index contributed by atoms with van der Waals surface area (Å²) in [6, 6.07) is 18.5. The van der Waals surface area contributed by atoms with Crippen LogP contribution in [0.25, 0.3) is 0 Å². The van der Waals surface area contributed by atoms with Crippen molar-refractivity contribution in [3.63, 3.8) is 0 Å². The second-order valence-corrected chi connectivity index (χ2v) is 9.72. The molecule has 1 amide bonds. The van der Waals surface area contributed by atoms with E-state index in [-0.39, 0.29) is 11.5 Å². The number of aldehydes is 1. The van der Waals surface area contributed by atoms with Crippen molar-refractivity contribution in [1.29, 1.82) is 0 Å². The van der Waals surface area contributed by atoms with Crippen LogP contribution in [0.15, 0.2) is 64.9 Å². The molecular weight excluding hydrogens is 445 g/mol. The zero-order chi connectivity index (χ0) is 22.9. The zero-order valence-corrected chi connectivity index (χ0v) is 19.4. The van der Waals surface area contributed by atoms with E-state index in [1.165, 1.54) is 30.5 Å². The van der Waals surface area contributed by atoms with E-state index >= 15 is 0 Å². The van der Waals surface area contributed by atoms with Gasteiger partial charge in [0, 0.05) is 20.1 Å². The maximum Gasteiger partial charge on any atom is 0.251 e. The Labute approximate surface area is 196 Å². The van der Waals surface area contributed by atoms with Crippen LogP contribution in [0.4, 0.5) is 9.39 Å². The summed E-state index contributed by atoms with van der Waals surface area (Å²) in [5.41, 5.74) is 7.56. The van der Waals surface area contributed by atoms with Gasteiger partial charge in [0.2, 0.25) is 0 Å². The van der Waals surface area contributed by atoms with Crippen LogP contribution in [0.3, 0.4) is 0 Å². The average molecular weight is 472 g/mol. The molecule has 1 aliphatic heterocycles. The molecule has 3 aromatic rings. The van der Waals surface area contributed by atoms with E-state index in [0.29, 0.717) is 17.8 Å². The van der Waals surface area contributed by atoms with E-state index in [1.54, 1.807) is 35.4 Å². The SMILES string of the molecule is CNc1sc(SN2CCC(c3ccccc3)CC2)cc1C(N)=O.O=Cc1ccccc1F. The van der Waals surface area contributed by atoms with E-state index in [4.69, 9.17) is 5.73 Å². The van der Waals surface area contributed by atoms with Crippen molar-refractivity contribution in [2.24, 2.45) is 5.73 Å². The third-order valence-corrected chi connectivity index (χ3v) is 7.52. The van der Waals surface area contributed by atoms with E-state index < -0.39 is 5.82 Å². The Morgan fingerprint density at radius 1 is 1.16 bits per heavy atom. The average Bonchev–Trinajstić information content (AvgIpc) is 3.24. The minimum Gasteiger partial charge on any atom is -0.379 e. The Bertz CT molecular complexity index is 1030. The topological polar surface area (TPSA) is 75.4 Å². The number of primary amides is 1. The number of carbonyl (C=O) groups is 2. The third-order valence-electron chi connectivity index (χ3n) is 5.18. The molecule has 1 aliphatic rings. The first-order chi connectivity index (χ1) is 15.5. The molecule has 0 saturated carbocycles. The van der Waals surface area contributed by atoms with Crippen LogP contribution in [0.5, 0.6) is 0 Å². The molecule has 0 bridgehead atoms. The summed E-state index contributed by atoms with van der Waals surface area (Å²) in [5.74, 6) is -0.182. The monoisotopic (exact) mass is 471 g/mol. The van der Waals surface area contributed by atoms with Gasteiger partial charge in [-0.25, -0.2) is 8.70 Å². The minimum absolute atomic E-state index is 0.109. The summed E-state index contributed by atoms with van der Waals surface area (Å²) < 4.78 is 15.9. The number of nitrogens with one attached hydrogen (secondary N) is 1. The predicted molar refractivity (Wildman–Crippen MR) is 130 cm³/mol. The number of carbonyl (C=O) groups excluding carboxylic acids is 2. The zero-order valence-electron chi connectivity index (χ0n) is 17.8. The first kappa shape index (κ1) is 24.0. The molecule has 2 aromatic carbocycles. The highest BCUT2D eigenvalue weighted by molar-refractivity contribution is 7.99. The van der Waals surface area contributed by atoms with Gasteiger partial charge in [-0.2, -0.15) is 0 Å². The number of hydrogen-bond donors (Lipinski definition) is 2. The van der Waals surface area contributed by atoms with E-state index in [1.807, 2.05) is 13.1 Å². The van der Waals surface area contributed by atoms with Gasteiger partial charge < -0.3 is 11.1 Å². The summed E-state index contributed by atoms with van der Waals surface area (Å²) in [6.45, 7) is 2.12. The Hall–Kier alpha value is -2.68. The van der Waals surface area contributed by atoms with Gasteiger partial charge in [-0.05, 0) is 54.5 Å². The molecule has 0 spiro atoms. The molecule has 2 heterocycles. The quantitative estimate of drug-likeness (QED) is 0.371. The van der Waals surface area contributed by atoms with Crippen LogP contribution in [-0.4, -0.2) is 36.6 Å². The summed E-state index contributed by atoms with van der Waals surface area (Å²) in [4.78, 5) is 21.4. The van der Waals surface area contributed by atoms with Crippen molar-refractivity contribution >= 4 is 40.5 Å². The van der Waals surface area contributed by atoms with Crippen LogP contribution < -0.4 is 11.1 Å². The molecule has 0 radical (unpaired) electrons. The highest BCUT2D eigenvalue weighted by Gasteiger charge is 2.22. The van der Waals surface area contributed by atoms with Gasteiger partial charge >= 0.3 is 0 Å². The summed E-state index contributed by atoms with van der Waals surface area (Å²) in [7, 11) is 1.82. The van der Waals surface area contributed by atoms with Gasteiger partial charge in [-0.15, -0.1) is 11.3 Å². The number of rotatable bonds is 6. The highest BCUT2D eigenvalue weighted by atomic mass is 32.2. The van der Waals surface area contributed by atoms with Crippen LogP contribution >= 0.6 is 23.3 Å². The molecule has 0 aliphatic carbocycles. The van der Waals surface area contributed by atoms with Crippen molar-refractivity contribution in [2.75, 3.05) is 25.5 Å². The molecule has 5 nitrogen and oxygen atoms in total. The smallest absolute Gasteiger partial charge is 0.251 e. The number of hydrogen-bond acceptors (Lipinski definition) is 6. The van der Waals surface area contributed by atoms with Crippen molar-refractivity contribution in [3.8, 4) is 0 Å². The number of piperidine rings is 1. The molecule has 168 valence electrons. The van der Waals surface area contributed by atoms with Gasteiger partial charge in [0.25, 0.3) is 5.91 Å². The Kier molecular flexibility index (Phi) is 8.84. The fraction of sp³-hybridized carbons (Fsp3) is 0.250. The molecule has 4 rings (SSSR count). The number of benzene rings is 2. The summed E-state index contributed by atoms with van der Waals surface area (Å²) in [5, 5.41) is 3.90. The highest BCUT2D eigenvalue weighted by Crippen LogP contribution is 2.39. The normalized spacial score (nSPS) is 14.3. The summed E-state index contributed by atoms with van der Waals surface area (Å²) >= 11 is 3.32. The van der Waals surface area contributed by atoms with Gasteiger partial charge in [-0.3, -0.25) is 9.59 Å². The minimum atomic E-state index is -0.465. The fourth-order valence-electron chi connectivity index (χ4n) is 3.49. The van der Waals surface area contributed by atoms with Gasteiger partial charge in [0.05, 0.1) is 15.3 Å². The first-order valence-electron chi connectivity index (χ1n) is 10.3. The fourth-order valence-corrected chi connectivity index (χ4v) is 5.77. The lowest BCUT2D eigenvalue weighted by atomic mass is 9.90. The maximum atomic E-state index is 12.4. The lowest BCUT2D eigenvalue weighted by Gasteiger charge is -2.30. The standard InChI is InChI=1S/C17H21N3OS2.C7H5FO/c1-19-17-14(16(18)21)11-15(22-17)23-20-9-7-13(8-10-20)12-5-3-2-4-6-12;8-7-4-2-1-3-6(7)5-9/h2-6,11,13,19H,7-10H2,1H3,(H2,18,21);1-5H. The molecule has 1 fully saturated rings. The van der Waals surface area contributed by atoms with Gasteiger partial charge in [0.1, 0.15) is 10.8 Å². The van der Waals surface area contributed by atoms with Crippen molar-refractivity contribution in [1.82, 2.24) is 4.31 Å². The van der Waals surface area contributed by atoms with Crippen molar-refractivity contribution in [3.05, 3.63) is 83.2 Å². The van der Waals surface area contributed by atoms with Crippen LogP contribution in [-0.2, 0) is 0 Å². The molecule has 1 aromatic heterocycles. The lowest BCUT2D eigenvalue weighted by Crippen LogP contribution is -2.27. The van der Waals surface area contributed by atoms with Gasteiger partial charge in [0.15, 0.2) is 6.29 Å². The summed E-state index contributed by atoms with van der Waals surface area (Å²) in [6.07, 6.45) is 2.84. The molecule has 32 heavy (non-hydrogen) atoms. The van der Waals surface area contributed by atoms with Crippen molar-refractivity contribution < 1.29 is 14.0 Å². The number of nitrogens with zero attached hydrogens (tertiary/aromatic N) is 1. The molecular formula is C24H26FN3O2S2. The van der Waals surface area contributed by atoms with Gasteiger partial charge in [-0.1, -0.05) is 42.5 Å². The number of halogens is 1. The predicted octanol–water partition coefficient (Wildman–Crippen LogP) is 5.41. The molecule has 1 saturated heterocycles. The van der Waals surface area contributed by atoms with Crippen LogP contribution in [0.2, 0.25) is 0 Å². The van der Waals surface area contributed by atoms with E-state index in [0.717, 1.165) is 22.3 Å². The molecule has 0 unspecified atom stereocenters. The number of thiophene rings is 1. The molecule has 0 atom stereocenters. The number of amides is 1. The number of anilines is 1. The first-order valence-corrected chi connectivity index (χ1v) is 11.9. The molecule has 8 heteroatoms. The van der Waals surface area contributed by atoms with Crippen LogP contribution in [0, 0.1) is 5.82 Å². The molecule has 3 N–H and O–H groups in total. The maximum absolute atomic E-state index is 12.4. The Balaban J connectivity index is 0.000000269. The van der Waals surface area contributed by atoms with Crippen LogP contribution in [0.1, 0.15) is 45.0 Å². The van der Waals surface area contributed by atoms with E-state index in [2.05, 4.69) is 40.0 Å². The second-order valence-electron chi connectivity index (χ2n) is 7.27. The van der Waals surface area contributed by atoms with E-state index in [9.17, 15) is 14.0 Å².